The van der Waals surface area contributed by atoms with E-state index in [1.54, 1.807) is 11.8 Å². The number of carbonyl (C=O) groups is 1. The van der Waals surface area contributed by atoms with Crippen molar-refractivity contribution in [3.63, 3.8) is 0 Å². The van der Waals surface area contributed by atoms with Gasteiger partial charge in [0.15, 0.2) is 0 Å². The van der Waals surface area contributed by atoms with Crippen molar-refractivity contribution in [2.24, 2.45) is 0 Å². The molecule has 86 valence electrons. The SMILES string of the molecule is CN1c2ccc(Br)cc2SCC1CC(=O)O. The first-order chi connectivity index (χ1) is 7.58. The lowest BCUT2D eigenvalue weighted by Gasteiger charge is -2.34. The van der Waals surface area contributed by atoms with E-state index in [4.69, 9.17) is 5.11 Å². The summed E-state index contributed by atoms with van der Waals surface area (Å²) in [7, 11) is 1.96. The van der Waals surface area contributed by atoms with Gasteiger partial charge in [-0.15, -0.1) is 11.8 Å². The number of thioether (sulfide) groups is 1. The van der Waals surface area contributed by atoms with Crippen molar-refractivity contribution < 1.29 is 9.90 Å². The number of hydrogen-bond donors (Lipinski definition) is 1. The van der Waals surface area contributed by atoms with Gasteiger partial charge in [0.25, 0.3) is 0 Å². The topological polar surface area (TPSA) is 40.5 Å². The molecule has 1 heterocycles. The highest BCUT2D eigenvalue weighted by atomic mass is 79.9. The van der Waals surface area contributed by atoms with Gasteiger partial charge >= 0.3 is 5.97 Å². The molecule has 0 saturated carbocycles. The highest BCUT2D eigenvalue weighted by Crippen LogP contribution is 2.38. The minimum Gasteiger partial charge on any atom is -0.481 e. The fraction of sp³-hybridized carbons (Fsp3) is 0.364. The second-order valence-electron chi connectivity index (χ2n) is 3.79. The number of hydrogen-bond acceptors (Lipinski definition) is 3. The molecule has 2 rings (SSSR count). The molecule has 5 heteroatoms. The summed E-state index contributed by atoms with van der Waals surface area (Å²) in [6.07, 6.45) is 0.193. The molecule has 0 aliphatic carbocycles. The van der Waals surface area contributed by atoms with E-state index in [-0.39, 0.29) is 12.5 Å². The van der Waals surface area contributed by atoms with E-state index in [1.165, 1.54) is 4.90 Å². The Hall–Kier alpha value is -0.680. The summed E-state index contributed by atoms with van der Waals surface area (Å²) < 4.78 is 1.06. The quantitative estimate of drug-likeness (QED) is 0.912. The second-order valence-corrected chi connectivity index (χ2v) is 5.76. The lowest BCUT2D eigenvalue weighted by Crippen LogP contribution is -2.38. The first kappa shape index (κ1) is 11.8. The summed E-state index contributed by atoms with van der Waals surface area (Å²) in [6.45, 7) is 0. The minimum atomic E-state index is -0.738. The van der Waals surface area contributed by atoms with Crippen LogP contribution in [0.3, 0.4) is 0 Å². The number of aliphatic carboxylic acids is 1. The Balaban J connectivity index is 2.25. The van der Waals surface area contributed by atoms with Crippen LogP contribution in [0.25, 0.3) is 0 Å². The van der Waals surface area contributed by atoms with Crippen LogP contribution in [0.5, 0.6) is 0 Å². The molecule has 1 aromatic rings. The maximum atomic E-state index is 10.7. The molecule has 0 aromatic heterocycles. The van der Waals surface area contributed by atoms with E-state index in [1.807, 2.05) is 19.2 Å². The van der Waals surface area contributed by atoms with Gasteiger partial charge in [0.1, 0.15) is 0 Å². The predicted molar refractivity (Wildman–Crippen MR) is 69.3 cm³/mol. The lowest BCUT2D eigenvalue weighted by molar-refractivity contribution is -0.137. The van der Waals surface area contributed by atoms with Gasteiger partial charge in [-0.2, -0.15) is 0 Å². The number of nitrogens with zero attached hydrogens (tertiary/aromatic N) is 1. The van der Waals surface area contributed by atoms with Gasteiger partial charge in [0.2, 0.25) is 0 Å². The van der Waals surface area contributed by atoms with Crippen LogP contribution in [0.2, 0.25) is 0 Å². The third-order valence-electron chi connectivity index (χ3n) is 2.69. The van der Waals surface area contributed by atoms with Crippen molar-refractivity contribution in [3.05, 3.63) is 22.7 Å². The number of carboxylic acid groups (broad SMARTS) is 1. The van der Waals surface area contributed by atoms with Gasteiger partial charge < -0.3 is 10.0 Å². The normalized spacial score (nSPS) is 19.4. The molecule has 1 aliphatic rings. The molecule has 1 atom stereocenters. The van der Waals surface area contributed by atoms with E-state index >= 15 is 0 Å². The van der Waals surface area contributed by atoms with Crippen LogP contribution in [0.4, 0.5) is 5.69 Å². The van der Waals surface area contributed by atoms with E-state index in [0.717, 1.165) is 15.9 Å². The second kappa shape index (κ2) is 4.67. The first-order valence-corrected chi connectivity index (χ1v) is 6.73. The Morgan fingerprint density at radius 3 is 3.12 bits per heavy atom. The molecule has 1 N–H and O–H groups in total. The van der Waals surface area contributed by atoms with Crippen molar-refractivity contribution in [2.75, 3.05) is 17.7 Å². The van der Waals surface area contributed by atoms with Crippen molar-refractivity contribution in [2.45, 2.75) is 17.4 Å². The standard InChI is InChI=1S/C11H12BrNO2S/c1-13-8(5-11(14)15)6-16-10-4-7(12)2-3-9(10)13/h2-4,8H,5-6H2,1H3,(H,14,15). The van der Waals surface area contributed by atoms with Gasteiger partial charge in [-0.3, -0.25) is 4.79 Å². The first-order valence-electron chi connectivity index (χ1n) is 4.95. The fourth-order valence-electron chi connectivity index (χ4n) is 1.79. The summed E-state index contributed by atoms with van der Waals surface area (Å²) in [4.78, 5) is 14.0. The zero-order chi connectivity index (χ0) is 11.7. The predicted octanol–water partition coefficient (Wildman–Crippen LogP) is 2.83. The molecular formula is C11H12BrNO2S. The zero-order valence-electron chi connectivity index (χ0n) is 8.81. The van der Waals surface area contributed by atoms with Gasteiger partial charge in [-0.05, 0) is 18.2 Å². The van der Waals surface area contributed by atoms with Crippen LogP contribution in [-0.4, -0.2) is 29.9 Å². The van der Waals surface area contributed by atoms with Crippen molar-refractivity contribution in [3.8, 4) is 0 Å². The van der Waals surface area contributed by atoms with Crippen LogP contribution >= 0.6 is 27.7 Å². The number of carboxylic acids is 1. The highest BCUT2D eigenvalue weighted by molar-refractivity contribution is 9.10. The van der Waals surface area contributed by atoms with Crippen LogP contribution < -0.4 is 4.90 Å². The van der Waals surface area contributed by atoms with Crippen LogP contribution in [0.1, 0.15) is 6.42 Å². The number of anilines is 1. The molecule has 0 radical (unpaired) electrons. The maximum absolute atomic E-state index is 10.7. The average Bonchev–Trinajstić information content (AvgIpc) is 2.22. The van der Waals surface area contributed by atoms with Gasteiger partial charge in [-0.25, -0.2) is 0 Å². The molecule has 0 spiro atoms. The molecular weight excluding hydrogens is 290 g/mol. The summed E-state index contributed by atoms with van der Waals surface area (Å²) >= 11 is 5.16. The Morgan fingerprint density at radius 1 is 1.69 bits per heavy atom. The fourth-order valence-corrected chi connectivity index (χ4v) is 3.58. The van der Waals surface area contributed by atoms with Gasteiger partial charge in [-0.1, -0.05) is 15.9 Å². The van der Waals surface area contributed by atoms with Crippen molar-refractivity contribution in [1.82, 2.24) is 0 Å². The largest absolute Gasteiger partial charge is 0.481 e. The zero-order valence-corrected chi connectivity index (χ0v) is 11.2. The summed E-state index contributed by atoms with van der Waals surface area (Å²) in [5, 5.41) is 8.83. The molecule has 0 saturated heterocycles. The third kappa shape index (κ3) is 2.35. The number of benzene rings is 1. The van der Waals surface area contributed by atoms with Crippen LogP contribution in [0, 0.1) is 0 Å². The molecule has 3 nitrogen and oxygen atoms in total. The molecule has 1 aromatic carbocycles. The average molecular weight is 302 g/mol. The summed E-state index contributed by atoms with van der Waals surface area (Å²) in [5.74, 6) is 0.0877. The number of halogens is 1. The summed E-state index contributed by atoms with van der Waals surface area (Å²) in [5.41, 5.74) is 1.12. The number of fused-ring (bicyclic) bond motifs is 1. The van der Waals surface area contributed by atoms with Crippen LogP contribution in [0.15, 0.2) is 27.6 Å². The minimum absolute atomic E-state index is 0.0798. The van der Waals surface area contributed by atoms with Crippen molar-refractivity contribution in [1.29, 1.82) is 0 Å². The molecule has 16 heavy (non-hydrogen) atoms. The third-order valence-corrected chi connectivity index (χ3v) is 4.37. The number of rotatable bonds is 2. The van der Waals surface area contributed by atoms with E-state index in [0.29, 0.717) is 0 Å². The van der Waals surface area contributed by atoms with E-state index in [9.17, 15) is 4.79 Å². The molecule has 1 unspecified atom stereocenters. The smallest absolute Gasteiger partial charge is 0.305 e. The molecule has 1 aliphatic heterocycles. The molecule has 0 fully saturated rings. The Kier molecular flexibility index (Phi) is 3.44. The lowest BCUT2D eigenvalue weighted by atomic mass is 10.2. The van der Waals surface area contributed by atoms with Crippen molar-refractivity contribution >= 4 is 39.3 Å². The van der Waals surface area contributed by atoms with E-state index < -0.39 is 5.97 Å². The Bertz CT molecular complexity index is 424. The monoisotopic (exact) mass is 301 g/mol. The highest BCUT2D eigenvalue weighted by Gasteiger charge is 2.25. The van der Waals surface area contributed by atoms with E-state index in [2.05, 4.69) is 26.9 Å². The Morgan fingerprint density at radius 2 is 2.44 bits per heavy atom. The van der Waals surface area contributed by atoms with Crippen LogP contribution in [-0.2, 0) is 4.79 Å². The Labute approximate surface area is 107 Å². The maximum Gasteiger partial charge on any atom is 0.305 e. The van der Waals surface area contributed by atoms with Gasteiger partial charge in [0.05, 0.1) is 12.1 Å². The summed E-state index contributed by atoms with van der Waals surface area (Å²) in [6, 6.07) is 6.17. The van der Waals surface area contributed by atoms with Gasteiger partial charge in [0, 0.05) is 28.2 Å². The molecule has 0 amide bonds. The molecule has 0 bridgehead atoms.